The number of aryl methyl sites for hydroxylation is 1. The van der Waals surface area contributed by atoms with E-state index in [-0.39, 0.29) is 5.75 Å². The van der Waals surface area contributed by atoms with Gasteiger partial charge in [0.2, 0.25) is 0 Å². The van der Waals surface area contributed by atoms with Crippen LogP contribution in [0.25, 0.3) is 0 Å². The number of nitrogen functional groups attached to an aromatic ring is 1. The highest BCUT2D eigenvalue weighted by Gasteiger charge is 2.02. The van der Waals surface area contributed by atoms with Gasteiger partial charge in [0.05, 0.1) is 5.69 Å². The third-order valence-corrected chi connectivity index (χ3v) is 1.95. The van der Waals surface area contributed by atoms with E-state index in [9.17, 15) is 5.11 Å². The molecule has 66 valence electrons. The highest BCUT2D eigenvalue weighted by molar-refractivity contribution is 5.55. The van der Waals surface area contributed by atoms with Crippen LogP contribution in [0.3, 0.4) is 0 Å². The summed E-state index contributed by atoms with van der Waals surface area (Å²) in [6, 6.07) is 5.51. The van der Waals surface area contributed by atoms with E-state index >= 15 is 0 Å². The lowest BCUT2D eigenvalue weighted by Crippen LogP contribution is -1.90. The van der Waals surface area contributed by atoms with Crippen LogP contribution in [-0.4, -0.2) is 5.11 Å². The van der Waals surface area contributed by atoms with Gasteiger partial charge in [0.25, 0.3) is 0 Å². The van der Waals surface area contributed by atoms with E-state index in [2.05, 4.69) is 6.92 Å². The van der Waals surface area contributed by atoms with Gasteiger partial charge in [0.1, 0.15) is 5.75 Å². The molecule has 0 saturated heterocycles. The van der Waals surface area contributed by atoms with Crippen LogP contribution < -0.4 is 5.73 Å². The molecule has 1 aromatic carbocycles. The van der Waals surface area contributed by atoms with Gasteiger partial charge in [-0.05, 0) is 24.5 Å². The molecule has 1 rings (SSSR count). The van der Waals surface area contributed by atoms with E-state index < -0.39 is 0 Å². The van der Waals surface area contributed by atoms with Crippen LogP contribution >= 0.6 is 0 Å². The normalized spacial score (nSPS) is 10.1. The summed E-state index contributed by atoms with van der Waals surface area (Å²) in [4.78, 5) is 0. The molecule has 0 unspecified atom stereocenters. The highest BCUT2D eigenvalue weighted by atomic mass is 16.3. The molecule has 2 heteroatoms. The lowest BCUT2D eigenvalue weighted by Gasteiger charge is -2.05. The largest absolute Gasteiger partial charge is 0.506 e. The van der Waals surface area contributed by atoms with Crippen molar-refractivity contribution in [2.24, 2.45) is 0 Å². The molecule has 1 aromatic rings. The van der Waals surface area contributed by atoms with Gasteiger partial charge in [-0.25, -0.2) is 0 Å². The molecule has 3 N–H and O–H groups in total. The van der Waals surface area contributed by atoms with Gasteiger partial charge in [-0.3, -0.25) is 0 Å². The van der Waals surface area contributed by atoms with E-state index in [1.54, 1.807) is 6.07 Å². The number of rotatable bonds is 3. The fourth-order valence-electron chi connectivity index (χ4n) is 1.18. The van der Waals surface area contributed by atoms with Crippen LogP contribution in [0.15, 0.2) is 18.2 Å². The van der Waals surface area contributed by atoms with Crippen LogP contribution in [0.2, 0.25) is 0 Å². The Morgan fingerprint density at radius 3 is 2.83 bits per heavy atom. The summed E-state index contributed by atoms with van der Waals surface area (Å²) in [7, 11) is 0. The van der Waals surface area contributed by atoms with Gasteiger partial charge in [-0.1, -0.05) is 25.5 Å². The fraction of sp³-hybridized carbons (Fsp3) is 0.400. The summed E-state index contributed by atoms with van der Waals surface area (Å²) in [5.74, 6) is 0.256. The summed E-state index contributed by atoms with van der Waals surface area (Å²) in [6.07, 6.45) is 3.14. The maximum atomic E-state index is 9.50. The minimum absolute atomic E-state index is 0.256. The molecule has 0 aliphatic rings. The SMILES string of the molecule is CCCCc1cccc(N)c1O. The zero-order valence-electron chi connectivity index (χ0n) is 7.38. The lowest BCUT2D eigenvalue weighted by atomic mass is 10.1. The van der Waals surface area contributed by atoms with Crippen molar-refractivity contribution in [3.63, 3.8) is 0 Å². The second-order valence-electron chi connectivity index (χ2n) is 2.96. The molecule has 12 heavy (non-hydrogen) atoms. The van der Waals surface area contributed by atoms with E-state index in [4.69, 9.17) is 5.73 Å². The molecule has 0 fully saturated rings. The Kier molecular flexibility index (Phi) is 2.97. The van der Waals surface area contributed by atoms with Crippen molar-refractivity contribution in [3.8, 4) is 5.75 Å². The molecular formula is C10H15NO. The molecule has 0 aliphatic carbocycles. The Morgan fingerprint density at radius 2 is 2.17 bits per heavy atom. The number of hydrogen-bond acceptors (Lipinski definition) is 2. The quantitative estimate of drug-likeness (QED) is 0.533. The average Bonchev–Trinajstić information content (AvgIpc) is 2.08. The number of anilines is 1. The Labute approximate surface area is 73.0 Å². The summed E-state index contributed by atoms with van der Waals surface area (Å²) < 4.78 is 0. The molecule has 0 bridgehead atoms. The maximum Gasteiger partial charge on any atom is 0.141 e. The minimum Gasteiger partial charge on any atom is -0.506 e. The predicted molar refractivity (Wildman–Crippen MR) is 51.1 cm³/mol. The first-order valence-electron chi connectivity index (χ1n) is 4.32. The van der Waals surface area contributed by atoms with Crippen molar-refractivity contribution >= 4 is 5.69 Å². The number of aromatic hydroxyl groups is 1. The van der Waals surface area contributed by atoms with Gasteiger partial charge < -0.3 is 10.8 Å². The number of hydrogen-bond donors (Lipinski definition) is 2. The Morgan fingerprint density at radius 1 is 1.42 bits per heavy atom. The maximum absolute atomic E-state index is 9.50. The Hall–Kier alpha value is -1.18. The van der Waals surface area contributed by atoms with Crippen molar-refractivity contribution in [2.45, 2.75) is 26.2 Å². The zero-order chi connectivity index (χ0) is 8.97. The topological polar surface area (TPSA) is 46.2 Å². The van der Waals surface area contributed by atoms with Crippen LogP contribution in [-0.2, 0) is 6.42 Å². The smallest absolute Gasteiger partial charge is 0.141 e. The summed E-state index contributed by atoms with van der Waals surface area (Å²) in [6.45, 7) is 2.13. The second-order valence-corrected chi connectivity index (χ2v) is 2.96. The van der Waals surface area contributed by atoms with Crippen molar-refractivity contribution in [1.29, 1.82) is 0 Å². The summed E-state index contributed by atoms with van der Waals surface area (Å²) in [5.41, 5.74) is 6.97. The van der Waals surface area contributed by atoms with E-state index in [1.807, 2.05) is 12.1 Å². The Balaban J connectivity index is 2.78. The molecule has 0 spiro atoms. The summed E-state index contributed by atoms with van der Waals surface area (Å²) >= 11 is 0. The predicted octanol–water partition coefficient (Wildman–Crippen LogP) is 2.32. The van der Waals surface area contributed by atoms with E-state index in [0.29, 0.717) is 5.69 Å². The van der Waals surface area contributed by atoms with Crippen LogP contribution in [0, 0.1) is 0 Å². The highest BCUT2D eigenvalue weighted by Crippen LogP contribution is 2.25. The molecule has 0 radical (unpaired) electrons. The fourth-order valence-corrected chi connectivity index (χ4v) is 1.18. The summed E-state index contributed by atoms with van der Waals surface area (Å²) in [5, 5.41) is 9.50. The number of phenols is 1. The molecule has 0 saturated carbocycles. The number of unbranched alkanes of at least 4 members (excludes halogenated alkanes) is 1. The second kappa shape index (κ2) is 4.00. The van der Waals surface area contributed by atoms with Crippen molar-refractivity contribution in [3.05, 3.63) is 23.8 Å². The lowest BCUT2D eigenvalue weighted by molar-refractivity contribution is 0.469. The standard InChI is InChI=1S/C10H15NO/c1-2-3-5-8-6-4-7-9(11)10(8)12/h4,6-7,12H,2-3,5,11H2,1H3. The molecule has 0 atom stereocenters. The van der Waals surface area contributed by atoms with Gasteiger partial charge in [0.15, 0.2) is 0 Å². The van der Waals surface area contributed by atoms with Crippen LogP contribution in [0.1, 0.15) is 25.3 Å². The first kappa shape index (κ1) is 8.91. The molecule has 0 amide bonds. The number of nitrogens with two attached hydrogens (primary N) is 1. The van der Waals surface area contributed by atoms with E-state index in [0.717, 1.165) is 24.8 Å². The molecule has 0 aliphatic heterocycles. The van der Waals surface area contributed by atoms with Crippen molar-refractivity contribution < 1.29 is 5.11 Å². The zero-order valence-corrected chi connectivity index (χ0v) is 7.38. The van der Waals surface area contributed by atoms with E-state index in [1.165, 1.54) is 0 Å². The van der Waals surface area contributed by atoms with Crippen LogP contribution in [0.4, 0.5) is 5.69 Å². The average molecular weight is 165 g/mol. The third-order valence-electron chi connectivity index (χ3n) is 1.95. The number of benzene rings is 1. The van der Waals surface area contributed by atoms with Crippen LogP contribution in [0.5, 0.6) is 5.75 Å². The first-order valence-corrected chi connectivity index (χ1v) is 4.32. The van der Waals surface area contributed by atoms with Gasteiger partial charge in [0, 0.05) is 0 Å². The number of phenolic OH excluding ortho intramolecular Hbond substituents is 1. The van der Waals surface area contributed by atoms with Crippen molar-refractivity contribution in [1.82, 2.24) is 0 Å². The van der Waals surface area contributed by atoms with Gasteiger partial charge in [-0.15, -0.1) is 0 Å². The molecular weight excluding hydrogens is 150 g/mol. The molecule has 2 nitrogen and oxygen atoms in total. The van der Waals surface area contributed by atoms with Gasteiger partial charge in [-0.2, -0.15) is 0 Å². The third kappa shape index (κ3) is 1.91. The Bertz CT molecular complexity index is 258. The monoisotopic (exact) mass is 165 g/mol. The minimum atomic E-state index is 0.256. The molecule has 0 aromatic heterocycles. The number of para-hydroxylation sites is 1. The van der Waals surface area contributed by atoms with Gasteiger partial charge >= 0.3 is 0 Å². The molecule has 0 heterocycles. The first-order chi connectivity index (χ1) is 5.75. The van der Waals surface area contributed by atoms with Crippen molar-refractivity contribution in [2.75, 3.05) is 5.73 Å².